The van der Waals surface area contributed by atoms with E-state index in [0.29, 0.717) is 43.8 Å². The van der Waals surface area contributed by atoms with Crippen LogP contribution in [-0.2, 0) is 10.4 Å². The van der Waals surface area contributed by atoms with Crippen LogP contribution in [0.5, 0.6) is 5.75 Å². The molecule has 0 spiro atoms. The summed E-state index contributed by atoms with van der Waals surface area (Å²) in [6, 6.07) is 19.4. The second-order valence-electron chi connectivity index (χ2n) is 9.79. The number of rotatable bonds is 5. The number of likely N-dealkylation sites (tertiary alicyclic amines) is 1. The van der Waals surface area contributed by atoms with Crippen molar-refractivity contribution in [3.63, 3.8) is 0 Å². The highest BCUT2D eigenvalue weighted by Gasteiger charge is 2.36. The number of aryl methyl sites for hydroxylation is 1. The van der Waals surface area contributed by atoms with Gasteiger partial charge in [-0.1, -0.05) is 39.3 Å². The van der Waals surface area contributed by atoms with Crippen molar-refractivity contribution in [3.05, 3.63) is 82.6 Å². The van der Waals surface area contributed by atoms with Gasteiger partial charge in [0.05, 0.1) is 11.9 Å². The second-order valence-corrected chi connectivity index (χ2v) is 10.7. The van der Waals surface area contributed by atoms with Crippen LogP contribution in [0.1, 0.15) is 30.5 Å². The van der Waals surface area contributed by atoms with E-state index in [1.165, 1.54) is 0 Å². The fourth-order valence-electron chi connectivity index (χ4n) is 5.13. The largest absolute Gasteiger partial charge is 0.484 e. The van der Waals surface area contributed by atoms with E-state index in [4.69, 9.17) is 9.15 Å². The van der Waals surface area contributed by atoms with Crippen molar-refractivity contribution in [2.75, 3.05) is 19.7 Å². The number of fused-ring (bicyclic) bond motifs is 3. The molecule has 0 saturated carbocycles. The Kier molecular flexibility index (Phi) is 6.41. The molecule has 1 saturated heterocycles. The van der Waals surface area contributed by atoms with E-state index in [1.54, 1.807) is 15.8 Å². The maximum atomic E-state index is 13.0. The van der Waals surface area contributed by atoms with Gasteiger partial charge in [0.25, 0.3) is 5.91 Å². The van der Waals surface area contributed by atoms with Crippen molar-refractivity contribution in [2.45, 2.75) is 31.8 Å². The Hall–Kier alpha value is -3.69. The molecule has 194 valence electrons. The van der Waals surface area contributed by atoms with Crippen molar-refractivity contribution in [2.24, 2.45) is 0 Å². The highest BCUT2D eigenvalue weighted by atomic mass is 79.9. The first-order chi connectivity index (χ1) is 18.4. The summed E-state index contributed by atoms with van der Waals surface area (Å²) in [6.07, 6.45) is 3.32. The van der Waals surface area contributed by atoms with Gasteiger partial charge in [-0.15, -0.1) is 5.10 Å². The number of para-hydroxylation sites is 1. The van der Waals surface area contributed by atoms with Gasteiger partial charge >= 0.3 is 0 Å². The molecule has 1 aliphatic heterocycles. The minimum Gasteiger partial charge on any atom is -0.484 e. The van der Waals surface area contributed by atoms with Crippen LogP contribution >= 0.6 is 15.9 Å². The number of hydrogen-bond acceptors (Lipinski definition) is 6. The van der Waals surface area contributed by atoms with E-state index < -0.39 is 5.60 Å². The van der Waals surface area contributed by atoms with Crippen LogP contribution in [0.3, 0.4) is 0 Å². The smallest absolute Gasteiger partial charge is 0.260 e. The number of hydrogen-bond donors (Lipinski definition) is 1. The maximum absolute atomic E-state index is 13.0. The lowest BCUT2D eigenvalue weighted by atomic mass is 9.92. The number of nitrogens with zero attached hydrogens (tertiary/aromatic N) is 4. The van der Waals surface area contributed by atoms with E-state index in [1.807, 2.05) is 67.6 Å². The first-order valence-corrected chi connectivity index (χ1v) is 13.4. The molecule has 2 aromatic heterocycles. The van der Waals surface area contributed by atoms with Crippen LogP contribution in [0, 0.1) is 6.92 Å². The summed E-state index contributed by atoms with van der Waals surface area (Å²) in [5.74, 6) is 0.504. The number of halogens is 1. The van der Waals surface area contributed by atoms with Gasteiger partial charge < -0.3 is 19.2 Å². The molecule has 1 unspecified atom stereocenters. The van der Waals surface area contributed by atoms with Crippen molar-refractivity contribution >= 4 is 43.8 Å². The minimum absolute atomic E-state index is 0.0707. The van der Waals surface area contributed by atoms with Gasteiger partial charge in [0, 0.05) is 28.3 Å². The van der Waals surface area contributed by atoms with Crippen LogP contribution in [0.15, 0.2) is 75.8 Å². The topological polar surface area (TPSA) is 93.6 Å². The lowest BCUT2D eigenvalue weighted by molar-refractivity contribution is -0.133. The standard InChI is InChI=1S/C29H27BrN4O4/c1-19-15-20(30)7-9-24(19)34-17-27(31-32-34)29(36)11-4-13-33(14-12-29)28(35)18-37-21-8-10-26-23(16-21)22-5-2-3-6-25(22)38-26/h2-3,5-10,15-17,36H,4,11-14,18H2,1H3. The third-order valence-corrected chi connectivity index (χ3v) is 7.75. The Morgan fingerprint density at radius 2 is 1.92 bits per heavy atom. The lowest BCUT2D eigenvalue weighted by Crippen LogP contribution is -2.36. The van der Waals surface area contributed by atoms with E-state index in [-0.39, 0.29) is 12.5 Å². The van der Waals surface area contributed by atoms with E-state index >= 15 is 0 Å². The van der Waals surface area contributed by atoms with E-state index in [0.717, 1.165) is 37.7 Å². The summed E-state index contributed by atoms with van der Waals surface area (Å²) in [4.78, 5) is 14.8. The summed E-state index contributed by atoms with van der Waals surface area (Å²) in [7, 11) is 0. The van der Waals surface area contributed by atoms with E-state index in [9.17, 15) is 9.90 Å². The average molecular weight is 575 g/mol. The number of ether oxygens (including phenoxy) is 1. The van der Waals surface area contributed by atoms with Crippen LogP contribution in [-0.4, -0.2) is 50.6 Å². The van der Waals surface area contributed by atoms with Crippen molar-refractivity contribution in [3.8, 4) is 11.4 Å². The molecule has 0 radical (unpaired) electrons. The monoisotopic (exact) mass is 574 g/mol. The van der Waals surface area contributed by atoms with E-state index in [2.05, 4.69) is 26.2 Å². The molecule has 3 heterocycles. The summed E-state index contributed by atoms with van der Waals surface area (Å²) in [5, 5.41) is 22.0. The maximum Gasteiger partial charge on any atom is 0.260 e. The van der Waals surface area contributed by atoms with Crippen LogP contribution in [0.4, 0.5) is 0 Å². The first-order valence-electron chi connectivity index (χ1n) is 12.6. The minimum atomic E-state index is -1.15. The van der Waals surface area contributed by atoms with Crippen LogP contribution in [0.2, 0.25) is 0 Å². The van der Waals surface area contributed by atoms with Gasteiger partial charge in [0.1, 0.15) is 28.2 Å². The zero-order chi connectivity index (χ0) is 26.3. The molecule has 0 bridgehead atoms. The molecule has 1 atom stereocenters. The molecular formula is C29H27BrN4O4. The molecule has 1 N–H and O–H groups in total. The molecule has 8 nitrogen and oxygen atoms in total. The molecular weight excluding hydrogens is 548 g/mol. The third-order valence-electron chi connectivity index (χ3n) is 7.25. The van der Waals surface area contributed by atoms with Crippen LogP contribution in [0.25, 0.3) is 27.6 Å². The number of aromatic nitrogens is 3. The Balaban J connectivity index is 1.11. The highest BCUT2D eigenvalue weighted by molar-refractivity contribution is 9.10. The van der Waals surface area contributed by atoms with Gasteiger partial charge in [0.15, 0.2) is 6.61 Å². The molecule has 38 heavy (non-hydrogen) atoms. The Morgan fingerprint density at radius 3 is 2.79 bits per heavy atom. The van der Waals surface area contributed by atoms with Gasteiger partial charge in [-0.05, 0) is 74.2 Å². The molecule has 1 aliphatic rings. The fourth-order valence-corrected chi connectivity index (χ4v) is 5.60. The number of carbonyl (C=O) groups excluding carboxylic acids is 1. The van der Waals surface area contributed by atoms with Crippen molar-refractivity contribution < 1.29 is 19.1 Å². The highest BCUT2D eigenvalue weighted by Crippen LogP contribution is 2.33. The molecule has 1 amide bonds. The predicted octanol–water partition coefficient (Wildman–Crippen LogP) is 5.52. The lowest BCUT2D eigenvalue weighted by Gasteiger charge is -2.24. The van der Waals surface area contributed by atoms with Gasteiger partial charge in [-0.25, -0.2) is 4.68 Å². The molecule has 5 aromatic rings. The van der Waals surface area contributed by atoms with Gasteiger partial charge in [0.2, 0.25) is 0 Å². The summed E-state index contributed by atoms with van der Waals surface area (Å²) in [6.45, 7) is 2.89. The number of carbonyl (C=O) groups is 1. The number of aliphatic hydroxyl groups is 1. The molecule has 3 aromatic carbocycles. The number of benzene rings is 3. The zero-order valence-corrected chi connectivity index (χ0v) is 22.5. The Morgan fingerprint density at radius 1 is 1.08 bits per heavy atom. The Bertz CT molecular complexity index is 1640. The molecule has 0 aliphatic carbocycles. The SMILES string of the molecule is Cc1cc(Br)ccc1-n1cc(C2(O)CCCN(C(=O)COc3ccc4oc5ccccc5c4c3)CC2)nn1. The molecule has 9 heteroatoms. The zero-order valence-electron chi connectivity index (χ0n) is 20.9. The first kappa shape index (κ1) is 24.6. The number of furan rings is 1. The van der Waals surface area contributed by atoms with Gasteiger partial charge in [-0.2, -0.15) is 0 Å². The quantitative estimate of drug-likeness (QED) is 0.297. The fraction of sp³-hybridized carbons (Fsp3) is 0.276. The Labute approximate surface area is 227 Å². The number of amides is 1. The third kappa shape index (κ3) is 4.68. The summed E-state index contributed by atoms with van der Waals surface area (Å²) in [5.41, 5.74) is 2.92. The average Bonchev–Trinajstić information content (AvgIpc) is 3.49. The van der Waals surface area contributed by atoms with Crippen LogP contribution < -0.4 is 4.74 Å². The normalized spacial score (nSPS) is 18.1. The van der Waals surface area contributed by atoms with Crippen molar-refractivity contribution in [1.82, 2.24) is 19.9 Å². The summed E-state index contributed by atoms with van der Waals surface area (Å²) >= 11 is 3.48. The molecule has 1 fully saturated rings. The summed E-state index contributed by atoms with van der Waals surface area (Å²) < 4.78 is 14.4. The molecule has 6 rings (SSSR count). The van der Waals surface area contributed by atoms with Crippen molar-refractivity contribution in [1.29, 1.82) is 0 Å². The second kappa shape index (κ2) is 9.89. The predicted molar refractivity (Wildman–Crippen MR) is 147 cm³/mol. The van der Waals surface area contributed by atoms with Gasteiger partial charge in [-0.3, -0.25) is 4.79 Å².